The molecule has 0 bridgehead atoms. The molecule has 0 aliphatic heterocycles. The van der Waals surface area contributed by atoms with E-state index in [1.807, 2.05) is 0 Å². The molecule has 0 spiro atoms. The smallest absolute Gasteiger partial charge is 0.314 e. The van der Waals surface area contributed by atoms with Crippen molar-refractivity contribution in [3.05, 3.63) is 0 Å². The van der Waals surface area contributed by atoms with E-state index in [0.29, 0.717) is 13.2 Å². The molecule has 0 aliphatic carbocycles. The van der Waals surface area contributed by atoms with Crippen LogP contribution in [0.1, 0.15) is 52.4 Å². The van der Waals surface area contributed by atoms with Crippen LogP contribution in [0, 0.1) is 5.41 Å². The Bertz CT molecular complexity index is 1140. The molecule has 21 heteroatoms. The topological polar surface area (TPSA) is 124 Å². The van der Waals surface area contributed by atoms with E-state index in [9.17, 15) is 10.2 Å². The van der Waals surface area contributed by atoms with Gasteiger partial charge < -0.3 is 48.5 Å². The van der Waals surface area contributed by atoms with Crippen LogP contribution in [0.2, 0.25) is 161 Å². The van der Waals surface area contributed by atoms with Gasteiger partial charge in [0.15, 0.2) is 33.3 Å². The second-order valence-corrected chi connectivity index (χ2v) is 65.0. The third-order valence-corrected chi connectivity index (χ3v) is 52.5. The van der Waals surface area contributed by atoms with Gasteiger partial charge in [-0.1, -0.05) is 58.7 Å². The highest BCUT2D eigenvalue weighted by atomic mass is 28.5. The molecule has 11 nitrogen and oxygen atoms in total. The fourth-order valence-electron chi connectivity index (χ4n) is 9.28. The number of aliphatic hydroxyl groups excluding tert-OH is 2. The highest BCUT2D eigenvalue weighted by molar-refractivity contribution is 6.96. The maximum Gasteiger partial charge on any atom is 0.314 e. The van der Waals surface area contributed by atoms with Gasteiger partial charge in [-0.05, 0) is 154 Å². The zero-order valence-corrected chi connectivity index (χ0v) is 54.1. The first kappa shape index (κ1) is 62.7. The summed E-state index contributed by atoms with van der Waals surface area (Å²) in [7, 11) is -21.3. The summed E-state index contributed by atoms with van der Waals surface area (Å²) in [6, 6.07) is 4.36. The maximum absolute atomic E-state index is 10.3. The lowest BCUT2D eigenvalue weighted by atomic mass is 9.92. The number of ether oxygens (including phenoxy) is 2. The minimum Gasteiger partial charge on any atom is -0.437 e. The van der Waals surface area contributed by atoms with Crippen molar-refractivity contribution in [2.45, 2.75) is 213 Å². The first-order valence-electron chi connectivity index (χ1n) is 23.6. The monoisotopic (exact) mass is 1040 g/mol. The molecule has 61 heavy (non-hydrogen) atoms. The zero-order chi connectivity index (χ0) is 47.9. The van der Waals surface area contributed by atoms with Gasteiger partial charge in [-0.15, -0.1) is 0 Å². The van der Waals surface area contributed by atoms with Crippen molar-refractivity contribution in [3.8, 4) is 0 Å². The Hall–Kier alpha value is 1.73. The molecule has 0 aliphatic rings. The van der Waals surface area contributed by atoms with E-state index in [4.69, 9.17) is 38.3 Å². The summed E-state index contributed by atoms with van der Waals surface area (Å²) in [6.45, 7) is 50.6. The molecule has 0 heterocycles. The lowest BCUT2D eigenvalue weighted by Crippen LogP contribution is -2.58. The number of hydrogen-bond donors (Lipinski definition) is 2. The molecule has 0 aromatic heterocycles. The summed E-state index contributed by atoms with van der Waals surface area (Å²) in [5.41, 5.74) is 0.408. The first-order chi connectivity index (χ1) is 27.3. The molecular formula is C40H102O11Si10. The number of hydrogen-bond acceptors (Lipinski definition) is 11. The zero-order valence-electron chi connectivity index (χ0n) is 44.1. The van der Waals surface area contributed by atoms with Crippen LogP contribution in [0.25, 0.3) is 0 Å². The van der Waals surface area contributed by atoms with Gasteiger partial charge in [0.2, 0.25) is 0 Å². The Morgan fingerprint density at radius 3 is 0.951 bits per heavy atom. The molecule has 0 unspecified atom stereocenters. The van der Waals surface area contributed by atoms with Gasteiger partial charge in [0.25, 0.3) is 0 Å². The van der Waals surface area contributed by atoms with Crippen molar-refractivity contribution in [2.24, 2.45) is 5.41 Å². The van der Waals surface area contributed by atoms with Crippen LogP contribution in [0.4, 0.5) is 0 Å². The summed E-state index contributed by atoms with van der Waals surface area (Å²) in [5, 5.41) is 20.7. The molecule has 0 saturated carbocycles. The molecule has 0 amide bonds. The molecule has 368 valence electrons. The van der Waals surface area contributed by atoms with Gasteiger partial charge in [0, 0.05) is 21.3 Å². The normalized spacial score (nSPS) is 15.0. The van der Waals surface area contributed by atoms with Gasteiger partial charge in [0.1, 0.15) is 0 Å². The molecule has 0 aromatic rings. The summed E-state index contributed by atoms with van der Waals surface area (Å²) in [6.07, 6.45) is 6.62. The lowest BCUT2D eigenvalue weighted by molar-refractivity contribution is -0.0767. The van der Waals surface area contributed by atoms with E-state index in [-0.39, 0.29) is 26.4 Å². The van der Waals surface area contributed by atoms with Crippen molar-refractivity contribution in [2.75, 3.05) is 39.6 Å². The van der Waals surface area contributed by atoms with Crippen LogP contribution in [-0.4, -0.2) is 134 Å². The standard InChI is InChI=1S/C40H102O11Si10/c1-23-25-31-52(3,4)39-56(11,12)48-60(19,20)49-57(13,14)46-54(7,8)33-27-29-43-37-40(35-41,36-42)38-44-30-28-34-55(9,10)47-59(17,18)51-61(21,22)50-58(15,16)45-53(5,6)32-26-24-2/h41-42H,23-39H2,1-22H3. The largest absolute Gasteiger partial charge is 0.437 e. The quantitative estimate of drug-likeness (QED) is 0.0460. The average Bonchev–Trinajstić information content (AvgIpc) is 3.00. The minimum atomic E-state index is -2.51. The van der Waals surface area contributed by atoms with E-state index in [0.717, 1.165) is 31.0 Å². The molecule has 0 aromatic carbocycles. The molecule has 0 atom stereocenters. The predicted octanol–water partition coefficient (Wildman–Crippen LogP) is 12.1. The summed E-state index contributed by atoms with van der Waals surface area (Å²) >= 11 is 0. The van der Waals surface area contributed by atoms with Crippen LogP contribution in [-0.2, 0) is 38.3 Å². The van der Waals surface area contributed by atoms with Gasteiger partial charge in [-0.25, -0.2) is 0 Å². The van der Waals surface area contributed by atoms with Crippen LogP contribution in [0.5, 0.6) is 0 Å². The highest BCUT2D eigenvalue weighted by Crippen LogP contribution is 2.32. The van der Waals surface area contributed by atoms with Crippen molar-refractivity contribution in [1.82, 2.24) is 0 Å². The molecule has 2 N–H and O–H groups in total. The number of aliphatic hydroxyl groups is 2. The maximum atomic E-state index is 10.3. The summed E-state index contributed by atoms with van der Waals surface area (Å²) in [4.78, 5) is 0. The van der Waals surface area contributed by atoms with E-state index in [1.165, 1.54) is 37.4 Å². The fourth-order valence-corrected chi connectivity index (χ4v) is 64.1. The Balaban J connectivity index is 4.95. The van der Waals surface area contributed by atoms with Crippen molar-refractivity contribution in [3.63, 3.8) is 0 Å². The fraction of sp³-hybridized carbons (Fsp3) is 1.00. The SMILES string of the molecule is CCCC[Si](C)(C)C[Si](C)(C)O[Si](C)(C)O[Si](C)(C)O[Si](C)(C)CCCOCC(CO)(CO)COCCC[Si](C)(C)O[Si](C)(C)O[Si](C)(C)O[Si](C)(C)O[Si](C)(C)CCCC. The van der Waals surface area contributed by atoms with Crippen LogP contribution in [0.3, 0.4) is 0 Å². The highest BCUT2D eigenvalue weighted by Gasteiger charge is 2.47. The second kappa shape index (κ2) is 25.9. The van der Waals surface area contributed by atoms with E-state index in [2.05, 4.69) is 145 Å². The second-order valence-electron chi connectivity index (χ2n) is 23.4. The van der Waals surface area contributed by atoms with Gasteiger partial charge in [-0.2, -0.15) is 0 Å². The van der Waals surface area contributed by atoms with E-state index in [1.54, 1.807) is 0 Å². The Labute approximate surface area is 388 Å². The molecule has 0 fully saturated rings. The first-order valence-corrected chi connectivity index (χ1v) is 53.6. The van der Waals surface area contributed by atoms with E-state index < -0.39 is 89.6 Å². The van der Waals surface area contributed by atoms with Gasteiger partial charge >= 0.3 is 42.8 Å². The summed E-state index contributed by atoms with van der Waals surface area (Å²) in [5.74, 6) is 0. The van der Waals surface area contributed by atoms with Crippen LogP contribution < -0.4 is 0 Å². The van der Waals surface area contributed by atoms with Crippen LogP contribution >= 0.6 is 0 Å². The minimum absolute atomic E-state index is 0.213. The number of unbranched alkanes of at least 4 members (excludes halogenated alkanes) is 2. The predicted molar refractivity (Wildman–Crippen MR) is 284 cm³/mol. The Morgan fingerprint density at radius 2 is 0.639 bits per heavy atom. The van der Waals surface area contributed by atoms with Crippen molar-refractivity contribution >= 4 is 84.1 Å². The average molecular weight is 1040 g/mol. The lowest BCUT2D eigenvalue weighted by Gasteiger charge is -2.42. The number of rotatable bonds is 36. The molecule has 0 radical (unpaired) electrons. The van der Waals surface area contributed by atoms with Gasteiger partial charge in [-0.3, -0.25) is 0 Å². The van der Waals surface area contributed by atoms with Gasteiger partial charge in [0.05, 0.1) is 31.8 Å². The summed E-state index contributed by atoms with van der Waals surface area (Å²) < 4.78 is 59.9. The van der Waals surface area contributed by atoms with Crippen molar-refractivity contribution in [1.29, 1.82) is 0 Å². The Kier molecular flexibility index (Phi) is 26.6. The third-order valence-electron chi connectivity index (χ3n) is 10.4. The molecule has 0 rings (SSSR count). The molecule has 0 saturated heterocycles. The van der Waals surface area contributed by atoms with Crippen LogP contribution in [0.15, 0.2) is 0 Å². The Morgan fingerprint density at radius 1 is 0.361 bits per heavy atom. The van der Waals surface area contributed by atoms with Crippen molar-refractivity contribution < 1.29 is 48.5 Å². The van der Waals surface area contributed by atoms with E-state index >= 15 is 0 Å². The molecular weight excluding hydrogens is 937 g/mol. The third kappa shape index (κ3) is 30.0.